The molecule has 4 rings (SSSR count). The van der Waals surface area contributed by atoms with Crippen LogP contribution in [0.1, 0.15) is 27.4 Å². The van der Waals surface area contributed by atoms with E-state index >= 15 is 0 Å². The molecule has 0 bridgehead atoms. The zero-order valence-corrected chi connectivity index (χ0v) is 18.8. The van der Waals surface area contributed by atoms with Gasteiger partial charge in [0.05, 0.1) is 18.6 Å². The van der Waals surface area contributed by atoms with Crippen LogP contribution in [-0.2, 0) is 11.3 Å². The molecule has 2 amide bonds. The van der Waals surface area contributed by atoms with Crippen molar-refractivity contribution < 1.29 is 18.7 Å². The Morgan fingerprint density at radius 2 is 1.73 bits per heavy atom. The highest BCUT2D eigenvalue weighted by Crippen LogP contribution is 2.36. The maximum absolute atomic E-state index is 14.3. The Morgan fingerprint density at radius 1 is 1.00 bits per heavy atom. The highest BCUT2D eigenvalue weighted by molar-refractivity contribution is 5.95. The number of carbonyl (C=O) groups excluding carboxylic acids is 2. The van der Waals surface area contributed by atoms with E-state index in [2.05, 4.69) is 0 Å². The van der Waals surface area contributed by atoms with Gasteiger partial charge in [-0.3, -0.25) is 9.59 Å². The molecule has 0 N–H and O–H groups in total. The lowest BCUT2D eigenvalue weighted by molar-refractivity contribution is -0.134. The summed E-state index contributed by atoms with van der Waals surface area (Å²) >= 11 is 0. The van der Waals surface area contributed by atoms with Crippen molar-refractivity contribution in [3.05, 3.63) is 101 Å². The van der Waals surface area contributed by atoms with Gasteiger partial charge in [-0.1, -0.05) is 54.6 Å². The first-order valence-corrected chi connectivity index (χ1v) is 10.9. The van der Waals surface area contributed by atoms with E-state index in [1.807, 2.05) is 54.6 Å². The van der Waals surface area contributed by atoms with Gasteiger partial charge >= 0.3 is 0 Å². The SMILES string of the molecule is COc1cccc(C2CN(C(=O)c3ccccc3F)CC2C(=O)N(C)Cc2ccccc2)c1. The van der Waals surface area contributed by atoms with Crippen molar-refractivity contribution in [3.63, 3.8) is 0 Å². The molecule has 0 radical (unpaired) electrons. The molecule has 33 heavy (non-hydrogen) atoms. The first-order chi connectivity index (χ1) is 16.0. The molecule has 1 aliphatic heterocycles. The molecule has 3 aromatic carbocycles. The van der Waals surface area contributed by atoms with Gasteiger partial charge in [0.2, 0.25) is 5.91 Å². The number of halogens is 1. The van der Waals surface area contributed by atoms with Crippen LogP contribution in [0.3, 0.4) is 0 Å². The summed E-state index contributed by atoms with van der Waals surface area (Å²) in [5.41, 5.74) is 1.97. The Labute approximate surface area is 193 Å². The van der Waals surface area contributed by atoms with Crippen LogP contribution in [0.25, 0.3) is 0 Å². The number of likely N-dealkylation sites (tertiary alicyclic amines) is 1. The standard InChI is InChI=1S/C27H27FN2O3/c1-29(16-19-9-4-3-5-10-19)26(31)24-18-30(27(32)22-13-6-7-14-25(22)28)17-23(24)20-11-8-12-21(15-20)33-2/h3-15,23-24H,16-18H2,1-2H3. The largest absolute Gasteiger partial charge is 0.497 e. The van der Waals surface area contributed by atoms with Crippen molar-refractivity contribution in [2.45, 2.75) is 12.5 Å². The van der Waals surface area contributed by atoms with E-state index in [1.54, 1.807) is 36.1 Å². The number of rotatable bonds is 6. The Balaban J connectivity index is 1.62. The smallest absolute Gasteiger partial charge is 0.256 e. The normalized spacial score (nSPS) is 17.6. The lowest BCUT2D eigenvalue weighted by Gasteiger charge is -2.25. The minimum atomic E-state index is -0.559. The van der Waals surface area contributed by atoms with Crippen LogP contribution >= 0.6 is 0 Å². The molecule has 3 aromatic rings. The molecular weight excluding hydrogens is 419 g/mol. The van der Waals surface area contributed by atoms with Gasteiger partial charge in [0.25, 0.3) is 5.91 Å². The van der Waals surface area contributed by atoms with E-state index in [0.29, 0.717) is 18.8 Å². The minimum Gasteiger partial charge on any atom is -0.497 e. The van der Waals surface area contributed by atoms with Crippen molar-refractivity contribution >= 4 is 11.8 Å². The van der Waals surface area contributed by atoms with Crippen LogP contribution in [-0.4, -0.2) is 48.9 Å². The quantitative estimate of drug-likeness (QED) is 0.566. The third kappa shape index (κ3) is 4.90. The van der Waals surface area contributed by atoms with Gasteiger partial charge in [-0.25, -0.2) is 4.39 Å². The fraction of sp³-hybridized carbons (Fsp3) is 0.259. The van der Waals surface area contributed by atoms with Crippen LogP contribution in [0.4, 0.5) is 4.39 Å². The van der Waals surface area contributed by atoms with Gasteiger partial charge in [0, 0.05) is 32.6 Å². The van der Waals surface area contributed by atoms with Crippen molar-refractivity contribution in [3.8, 4) is 5.75 Å². The number of nitrogens with zero attached hydrogens (tertiary/aromatic N) is 2. The molecule has 1 aliphatic rings. The van der Waals surface area contributed by atoms with E-state index < -0.39 is 17.6 Å². The van der Waals surface area contributed by atoms with E-state index in [0.717, 1.165) is 11.1 Å². The Kier molecular flexibility index (Phi) is 6.73. The van der Waals surface area contributed by atoms with Gasteiger partial charge in [0.1, 0.15) is 11.6 Å². The molecule has 1 fully saturated rings. The van der Waals surface area contributed by atoms with E-state index in [4.69, 9.17) is 4.74 Å². The highest BCUT2D eigenvalue weighted by Gasteiger charge is 2.42. The van der Waals surface area contributed by atoms with Crippen LogP contribution in [0, 0.1) is 11.7 Å². The predicted molar refractivity (Wildman–Crippen MR) is 124 cm³/mol. The predicted octanol–water partition coefficient (Wildman–Crippen LogP) is 4.35. The second-order valence-electron chi connectivity index (χ2n) is 8.36. The van der Waals surface area contributed by atoms with Crippen LogP contribution in [0.15, 0.2) is 78.9 Å². The second-order valence-corrected chi connectivity index (χ2v) is 8.36. The fourth-order valence-corrected chi connectivity index (χ4v) is 4.45. The van der Waals surface area contributed by atoms with E-state index in [1.165, 1.54) is 12.1 Å². The highest BCUT2D eigenvalue weighted by atomic mass is 19.1. The maximum Gasteiger partial charge on any atom is 0.256 e. The lowest BCUT2D eigenvalue weighted by atomic mass is 9.88. The minimum absolute atomic E-state index is 0.0210. The van der Waals surface area contributed by atoms with Crippen molar-refractivity contribution in [2.75, 3.05) is 27.2 Å². The average molecular weight is 447 g/mol. The van der Waals surface area contributed by atoms with Crippen LogP contribution < -0.4 is 4.74 Å². The number of methoxy groups -OCH3 is 1. The van der Waals surface area contributed by atoms with Gasteiger partial charge < -0.3 is 14.5 Å². The summed E-state index contributed by atoms with van der Waals surface area (Å²) in [6.45, 7) is 1.03. The fourth-order valence-electron chi connectivity index (χ4n) is 4.45. The van der Waals surface area contributed by atoms with Gasteiger partial charge in [-0.2, -0.15) is 0 Å². The first-order valence-electron chi connectivity index (χ1n) is 10.9. The summed E-state index contributed by atoms with van der Waals surface area (Å²) in [7, 11) is 3.37. The molecule has 1 saturated heterocycles. The molecule has 2 atom stereocenters. The van der Waals surface area contributed by atoms with Crippen molar-refractivity contribution in [2.24, 2.45) is 5.92 Å². The molecule has 0 saturated carbocycles. The molecule has 1 heterocycles. The summed E-state index contributed by atoms with van der Waals surface area (Å²) in [5.74, 6) is -0.979. The zero-order chi connectivity index (χ0) is 23.4. The molecule has 0 aromatic heterocycles. The summed E-state index contributed by atoms with van der Waals surface area (Å²) in [6, 6.07) is 23.3. The zero-order valence-electron chi connectivity index (χ0n) is 18.8. The number of ether oxygens (including phenoxy) is 1. The Bertz CT molecular complexity index is 1130. The van der Waals surface area contributed by atoms with Gasteiger partial charge in [0.15, 0.2) is 0 Å². The van der Waals surface area contributed by atoms with E-state index in [9.17, 15) is 14.0 Å². The number of hydrogen-bond acceptors (Lipinski definition) is 3. The van der Waals surface area contributed by atoms with Gasteiger partial charge in [-0.05, 0) is 35.4 Å². The summed E-state index contributed by atoms with van der Waals surface area (Å²) in [6.07, 6.45) is 0. The summed E-state index contributed by atoms with van der Waals surface area (Å²) in [5, 5.41) is 0. The number of benzene rings is 3. The summed E-state index contributed by atoms with van der Waals surface area (Å²) in [4.78, 5) is 30.0. The topological polar surface area (TPSA) is 49.9 Å². The van der Waals surface area contributed by atoms with E-state index in [-0.39, 0.29) is 23.9 Å². The molecular formula is C27H27FN2O3. The van der Waals surface area contributed by atoms with Gasteiger partial charge in [-0.15, -0.1) is 0 Å². The Hall–Kier alpha value is -3.67. The van der Waals surface area contributed by atoms with Crippen LogP contribution in [0.2, 0.25) is 0 Å². The lowest BCUT2D eigenvalue weighted by Crippen LogP contribution is -2.36. The number of hydrogen-bond donors (Lipinski definition) is 0. The monoisotopic (exact) mass is 446 g/mol. The second kappa shape index (κ2) is 9.86. The van der Waals surface area contributed by atoms with Crippen molar-refractivity contribution in [1.82, 2.24) is 9.80 Å². The average Bonchev–Trinajstić information content (AvgIpc) is 3.29. The molecule has 170 valence electrons. The maximum atomic E-state index is 14.3. The number of carbonyl (C=O) groups is 2. The first kappa shape index (κ1) is 22.5. The third-order valence-electron chi connectivity index (χ3n) is 6.19. The molecule has 0 aliphatic carbocycles. The van der Waals surface area contributed by atoms with Crippen molar-refractivity contribution in [1.29, 1.82) is 0 Å². The molecule has 5 nitrogen and oxygen atoms in total. The number of amides is 2. The third-order valence-corrected chi connectivity index (χ3v) is 6.19. The Morgan fingerprint density at radius 3 is 2.45 bits per heavy atom. The molecule has 0 spiro atoms. The molecule has 6 heteroatoms. The van der Waals surface area contributed by atoms with Crippen LogP contribution in [0.5, 0.6) is 5.75 Å². The summed E-state index contributed by atoms with van der Waals surface area (Å²) < 4.78 is 19.7. The molecule has 2 unspecified atom stereocenters.